The summed E-state index contributed by atoms with van der Waals surface area (Å²) < 4.78 is 6.36. The first-order valence-electron chi connectivity index (χ1n) is 11.6. The van der Waals surface area contributed by atoms with E-state index in [2.05, 4.69) is 44.2 Å². The summed E-state index contributed by atoms with van der Waals surface area (Å²) in [6.45, 7) is 8.38. The topological polar surface area (TPSA) is 53.3 Å². The highest BCUT2D eigenvalue weighted by molar-refractivity contribution is 5.83. The summed E-state index contributed by atoms with van der Waals surface area (Å²) in [4.78, 5) is 15.7. The molecule has 5 atom stereocenters. The van der Waals surface area contributed by atoms with Crippen LogP contribution < -0.4 is 0 Å². The molecular formula is C28H36N2O2. The third-order valence-corrected chi connectivity index (χ3v) is 7.51. The van der Waals surface area contributed by atoms with Crippen molar-refractivity contribution < 1.29 is 9.53 Å². The van der Waals surface area contributed by atoms with E-state index in [-0.39, 0.29) is 18.0 Å². The molecule has 2 aromatic carbocycles. The van der Waals surface area contributed by atoms with Crippen molar-refractivity contribution in [1.82, 2.24) is 4.90 Å². The van der Waals surface area contributed by atoms with Crippen molar-refractivity contribution in [3.05, 3.63) is 70.8 Å². The Bertz CT molecular complexity index is 979. The van der Waals surface area contributed by atoms with Crippen LogP contribution in [0.15, 0.2) is 48.5 Å². The Morgan fingerprint density at radius 1 is 1.19 bits per heavy atom. The minimum Gasteiger partial charge on any atom is -0.460 e. The van der Waals surface area contributed by atoms with Gasteiger partial charge in [0.2, 0.25) is 0 Å². The summed E-state index contributed by atoms with van der Waals surface area (Å²) in [7, 11) is 3.79. The third kappa shape index (κ3) is 4.74. The van der Waals surface area contributed by atoms with Crippen LogP contribution >= 0.6 is 0 Å². The van der Waals surface area contributed by atoms with E-state index in [9.17, 15) is 10.1 Å². The molecule has 1 aliphatic carbocycles. The fourth-order valence-electron chi connectivity index (χ4n) is 5.07. The molecule has 0 radical (unpaired) electrons. The van der Waals surface area contributed by atoms with Gasteiger partial charge in [0, 0.05) is 5.92 Å². The number of hydrogen-bond acceptors (Lipinski definition) is 4. The highest BCUT2D eigenvalue weighted by Gasteiger charge is 2.44. The number of nitrogens with zero attached hydrogens (tertiary/aromatic N) is 2. The molecule has 1 unspecified atom stereocenters. The maximum atomic E-state index is 13.8. The molecule has 170 valence electrons. The van der Waals surface area contributed by atoms with Gasteiger partial charge >= 0.3 is 5.97 Å². The molecule has 0 heterocycles. The molecule has 4 heteroatoms. The van der Waals surface area contributed by atoms with E-state index in [0.29, 0.717) is 17.4 Å². The zero-order chi connectivity index (χ0) is 23.5. The summed E-state index contributed by atoms with van der Waals surface area (Å²) in [6, 6.07) is 18.3. The molecule has 0 saturated heterocycles. The number of carbonyl (C=O) groups excluding carboxylic acids is 1. The van der Waals surface area contributed by atoms with Crippen LogP contribution in [0.2, 0.25) is 0 Å². The van der Waals surface area contributed by atoms with Crippen LogP contribution in [0.3, 0.4) is 0 Å². The Hall–Kier alpha value is -2.64. The van der Waals surface area contributed by atoms with Crippen molar-refractivity contribution in [2.24, 2.45) is 11.8 Å². The van der Waals surface area contributed by atoms with Gasteiger partial charge in [0.1, 0.15) is 11.6 Å². The SMILES string of the molecule is Cc1ccc(C#N)cc1[C@@](C)(C(=O)O[C@@H]1C[C@H](C)CC[C@H]1C(C)c1ccccc1)N(C)C. The summed E-state index contributed by atoms with van der Waals surface area (Å²) in [6.07, 6.45) is 2.97. The monoisotopic (exact) mass is 432 g/mol. The lowest BCUT2D eigenvalue weighted by Gasteiger charge is -2.41. The Kier molecular flexibility index (Phi) is 7.41. The van der Waals surface area contributed by atoms with Gasteiger partial charge in [-0.05, 0) is 81.4 Å². The Morgan fingerprint density at radius 3 is 2.50 bits per heavy atom. The van der Waals surface area contributed by atoms with Crippen LogP contribution in [-0.2, 0) is 15.1 Å². The standard InChI is InChI=1S/C28H36N2O2/c1-19-12-15-24(21(3)23-10-8-7-9-11-23)26(16-19)32-27(31)28(4,30(5)6)25-17-22(18-29)14-13-20(25)2/h7-11,13-14,17,19,21,24,26H,12,15-16H2,1-6H3/t19-,21?,24+,26-,28+/m1/s1. The molecule has 0 aliphatic heterocycles. The van der Waals surface area contributed by atoms with Crippen LogP contribution in [-0.4, -0.2) is 31.1 Å². The van der Waals surface area contributed by atoms with Gasteiger partial charge in [-0.25, -0.2) is 4.79 Å². The lowest BCUT2D eigenvalue weighted by atomic mass is 9.72. The van der Waals surface area contributed by atoms with E-state index >= 15 is 0 Å². The molecule has 4 nitrogen and oxygen atoms in total. The van der Waals surface area contributed by atoms with E-state index in [1.54, 1.807) is 6.07 Å². The van der Waals surface area contributed by atoms with Crippen molar-refractivity contribution in [2.75, 3.05) is 14.1 Å². The molecule has 3 rings (SSSR count). The molecule has 2 aromatic rings. The number of esters is 1. The maximum absolute atomic E-state index is 13.8. The van der Waals surface area contributed by atoms with Gasteiger partial charge in [0.25, 0.3) is 0 Å². The Balaban J connectivity index is 1.92. The van der Waals surface area contributed by atoms with Gasteiger partial charge in [0.05, 0.1) is 11.6 Å². The highest BCUT2D eigenvalue weighted by atomic mass is 16.5. The average Bonchev–Trinajstić information content (AvgIpc) is 2.79. The Labute approximate surface area is 193 Å². The van der Waals surface area contributed by atoms with Crippen molar-refractivity contribution in [3.63, 3.8) is 0 Å². The van der Waals surface area contributed by atoms with E-state index < -0.39 is 5.54 Å². The smallest absolute Gasteiger partial charge is 0.331 e. The number of hydrogen-bond donors (Lipinski definition) is 0. The van der Waals surface area contributed by atoms with Crippen molar-refractivity contribution in [2.45, 2.75) is 64.5 Å². The van der Waals surface area contributed by atoms with Gasteiger partial charge in [-0.3, -0.25) is 4.90 Å². The van der Waals surface area contributed by atoms with Gasteiger partial charge in [-0.1, -0.05) is 56.7 Å². The number of benzene rings is 2. The lowest BCUT2D eigenvalue weighted by Crippen LogP contribution is -2.50. The quantitative estimate of drug-likeness (QED) is 0.542. The van der Waals surface area contributed by atoms with Gasteiger partial charge in [-0.15, -0.1) is 0 Å². The fraction of sp³-hybridized carbons (Fsp3) is 0.500. The molecule has 0 N–H and O–H groups in total. The molecule has 0 amide bonds. The summed E-state index contributed by atoms with van der Waals surface area (Å²) in [5, 5.41) is 9.41. The lowest BCUT2D eigenvalue weighted by molar-refractivity contribution is -0.168. The number of aryl methyl sites for hydroxylation is 1. The number of ether oxygens (including phenoxy) is 1. The first-order valence-corrected chi connectivity index (χ1v) is 11.6. The predicted molar refractivity (Wildman–Crippen MR) is 128 cm³/mol. The predicted octanol–water partition coefficient (Wildman–Crippen LogP) is 5.80. The molecule has 1 fully saturated rings. The summed E-state index contributed by atoms with van der Waals surface area (Å²) >= 11 is 0. The van der Waals surface area contributed by atoms with Gasteiger partial charge in [0.15, 0.2) is 0 Å². The van der Waals surface area contributed by atoms with Crippen LogP contribution in [0.5, 0.6) is 0 Å². The van der Waals surface area contributed by atoms with Crippen molar-refractivity contribution in [1.29, 1.82) is 5.26 Å². The van der Waals surface area contributed by atoms with Gasteiger partial charge in [-0.2, -0.15) is 5.26 Å². The second-order valence-corrected chi connectivity index (χ2v) is 9.83. The largest absolute Gasteiger partial charge is 0.460 e. The van der Waals surface area contributed by atoms with Gasteiger partial charge < -0.3 is 4.74 Å². The number of carbonyl (C=O) groups is 1. The second kappa shape index (κ2) is 9.88. The number of nitriles is 1. The fourth-order valence-corrected chi connectivity index (χ4v) is 5.07. The molecule has 1 aliphatic rings. The van der Waals surface area contributed by atoms with Crippen molar-refractivity contribution >= 4 is 5.97 Å². The van der Waals surface area contributed by atoms with Crippen LogP contribution in [0.1, 0.15) is 68.2 Å². The first kappa shape index (κ1) is 24.0. The molecule has 1 saturated carbocycles. The zero-order valence-electron chi connectivity index (χ0n) is 20.3. The Morgan fingerprint density at radius 2 is 1.88 bits per heavy atom. The molecule has 0 spiro atoms. The van der Waals surface area contributed by atoms with E-state index in [4.69, 9.17) is 4.74 Å². The molecule has 0 aromatic heterocycles. The normalized spacial score (nSPS) is 23.8. The van der Waals surface area contributed by atoms with Crippen LogP contribution in [0.25, 0.3) is 0 Å². The summed E-state index contributed by atoms with van der Waals surface area (Å²) in [5.41, 5.74) is 2.67. The van der Waals surface area contributed by atoms with Crippen LogP contribution in [0.4, 0.5) is 0 Å². The number of rotatable bonds is 6. The molecule has 0 bridgehead atoms. The van der Waals surface area contributed by atoms with E-state index in [0.717, 1.165) is 30.4 Å². The maximum Gasteiger partial charge on any atom is 0.331 e. The minimum absolute atomic E-state index is 0.125. The number of likely N-dealkylation sites (N-methyl/N-ethyl adjacent to an activating group) is 1. The van der Waals surface area contributed by atoms with E-state index in [1.807, 2.05) is 51.0 Å². The molecular weight excluding hydrogens is 396 g/mol. The highest BCUT2D eigenvalue weighted by Crippen LogP contribution is 2.41. The third-order valence-electron chi connectivity index (χ3n) is 7.51. The summed E-state index contributed by atoms with van der Waals surface area (Å²) in [5.74, 6) is 0.887. The van der Waals surface area contributed by atoms with Crippen molar-refractivity contribution in [3.8, 4) is 6.07 Å². The first-order chi connectivity index (χ1) is 15.2. The zero-order valence-corrected chi connectivity index (χ0v) is 20.3. The minimum atomic E-state index is -0.974. The second-order valence-electron chi connectivity index (χ2n) is 9.83. The van der Waals surface area contributed by atoms with Crippen LogP contribution in [0, 0.1) is 30.1 Å². The average molecular weight is 433 g/mol. The molecule has 32 heavy (non-hydrogen) atoms. The van der Waals surface area contributed by atoms with E-state index in [1.165, 1.54) is 5.56 Å².